The van der Waals surface area contributed by atoms with Crippen LogP contribution in [0.3, 0.4) is 0 Å². The van der Waals surface area contributed by atoms with Crippen molar-refractivity contribution in [3.05, 3.63) is 46.7 Å². The smallest absolute Gasteiger partial charge is 0.248 e. The summed E-state index contributed by atoms with van der Waals surface area (Å²) >= 11 is 0. The van der Waals surface area contributed by atoms with Crippen molar-refractivity contribution in [3.63, 3.8) is 0 Å². The second-order valence-electron chi connectivity index (χ2n) is 7.33. The molecule has 1 aliphatic rings. The zero-order chi connectivity index (χ0) is 19.4. The van der Waals surface area contributed by atoms with Gasteiger partial charge in [0.15, 0.2) is 5.82 Å². The maximum atomic E-state index is 12.6. The minimum atomic E-state index is -0.420. The summed E-state index contributed by atoms with van der Waals surface area (Å²) in [6, 6.07) is 7.68. The number of carbonyl (C=O) groups excluding carboxylic acids is 2. The largest absolute Gasteiger partial charge is 0.360 e. The molecule has 1 N–H and O–H groups in total. The third-order valence-corrected chi connectivity index (χ3v) is 5.18. The lowest BCUT2D eigenvalue weighted by Crippen LogP contribution is -2.43. The van der Waals surface area contributed by atoms with E-state index in [2.05, 4.69) is 42.5 Å². The average molecular weight is 369 g/mol. The summed E-state index contributed by atoms with van der Waals surface area (Å²) in [5.74, 6) is 0.888. The van der Waals surface area contributed by atoms with Gasteiger partial charge in [-0.1, -0.05) is 23.4 Å². The number of anilines is 1. The van der Waals surface area contributed by atoms with Crippen molar-refractivity contribution in [3.8, 4) is 0 Å². The third-order valence-electron chi connectivity index (χ3n) is 5.18. The minimum absolute atomic E-state index is 0.0489. The Balaban J connectivity index is 1.52. The van der Waals surface area contributed by atoms with Gasteiger partial charge in [0, 0.05) is 19.0 Å². The molecular weight excluding hydrogens is 342 g/mol. The molecule has 27 heavy (non-hydrogen) atoms. The Hall–Kier alpha value is -2.63. The van der Waals surface area contributed by atoms with E-state index in [-0.39, 0.29) is 11.8 Å². The van der Waals surface area contributed by atoms with Gasteiger partial charge in [-0.15, -0.1) is 0 Å². The van der Waals surface area contributed by atoms with Crippen LogP contribution < -0.4 is 5.32 Å². The van der Waals surface area contributed by atoms with Crippen LogP contribution in [0.1, 0.15) is 48.1 Å². The van der Waals surface area contributed by atoms with Gasteiger partial charge in [-0.05, 0) is 63.1 Å². The van der Waals surface area contributed by atoms with Crippen LogP contribution in [-0.2, 0) is 16.0 Å². The molecule has 0 aliphatic carbocycles. The summed E-state index contributed by atoms with van der Waals surface area (Å²) in [5.41, 5.74) is 3.81. The zero-order valence-corrected chi connectivity index (χ0v) is 16.2. The fourth-order valence-corrected chi connectivity index (χ4v) is 3.52. The highest BCUT2D eigenvalue weighted by Crippen LogP contribution is 2.21. The van der Waals surface area contributed by atoms with Crippen molar-refractivity contribution in [1.82, 2.24) is 10.1 Å². The molecule has 1 atom stereocenters. The van der Waals surface area contributed by atoms with Crippen LogP contribution >= 0.6 is 0 Å². The molecule has 1 saturated heterocycles. The molecule has 3 rings (SSSR count). The predicted octanol–water partition coefficient (Wildman–Crippen LogP) is 3.55. The molecule has 0 spiro atoms. The first-order valence-corrected chi connectivity index (χ1v) is 9.54. The molecule has 0 bridgehead atoms. The molecule has 0 radical (unpaired) electrons. The average Bonchev–Trinajstić information content (AvgIpc) is 3.27. The first kappa shape index (κ1) is 19.1. The standard InChI is InChI=1S/C21H27N3O3/c1-14-9-10-17(12-15(14)2)6-4-8-20(25)24-11-5-7-18(24)21(26)22-19-13-16(3)27-23-19/h9-10,12-13,18H,4-8,11H2,1-3H3,(H,22,23,26). The van der Waals surface area contributed by atoms with Crippen molar-refractivity contribution in [1.29, 1.82) is 0 Å². The molecular formula is C21H27N3O3. The summed E-state index contributed by atoms with van der Waals surface area (Å²) in [4.78, 5) is 26.9. The van der Waals surface area contributed by atoms with E-state index in [0.29, 0.717) is 31.0 Å². The number of benzene rings is 1. The van der Waals surface area contributed by atoms with Crippen LogP contribution in [0.25, 0.3) is 0 Å². The van der Waals surface area contributed by atoms with E-state index < -0.39 is 6.04 Å². The van der Waals surface area contributed by atoms with E-state index in [4.69, 9.17) is 4.52 Å². The van der Waals surface area contributed by atoms with Crippen molar-refractivity contribution in [2.24, 2.45) is 0 Å². The molecule has 1 fully saturated rings. The van der Waals surface area contributed by atoms with Crippen LogP contribution in [0.15, 0.2) is 28.8 Å². The Morgan fingerprint density at radius 2 is 2.04 bits per heavy atom. The number of hydrogen-bond donors (Lipinski definition) is 1. The van der Waals surface area contributed by atoms with E-state index in [1.807, 2.05) is 0 Å². The van der Waals surface area contributed by atoms with Crippen LogP contribution in [0.4, 0.5) is 5.82 Å². The molecule has 6 heteroatoms. The van der Waals surface area contributed by atoms with Crippen LogP contribution in [0, 0.1) is 20.8 Å². The lowest BCUT2D eigenvalue weighted by molar-refractivity contribution is -0.136. The summed E-state index contributed by atoms with van der Waals surface area (Å²) in [6.07, 6.45) is 3.65. The van der Waals surface area contributed by atoms with Gasteiger partial charge >= 0.3 is 0 Å². The summed E-state index contributed by atoms with van der Waals surface area (Å²) in [7, 11) is 0. The van der Waals surface area contributed by atoms with Gasteiger partial charge in [-0.25, -0.2) is 0 Å². The third kappa shape index (κ3) is 4.76. The zero-order valence-electron chi connectivity index (χ0n) is 16.2. The highest BCUT2D eigenvalue weighted by molar-refractivity contribution is 5.96. The first-order chi connectivity index (χ1) is 12.9. The number of nitrogens with zero attached hydrogens (tertiary/aromatic N) is 2. The van der Waals surface area contributed by atoms with Crippen molar-refractivity contribution in [2.75, 3.05) is 11.9 Å². The number of hydrogen-bond acceptors (Lipinski definition) is 4. The SMILES string of the molecule is Cc1cc(NC(=O)C2CCCN2C(=O)CCCc2ccc(C)c(C)c2)no1. The molecule has 6 nitrogen and oxygen atoms in total. The Morgan fingerprint density at radius 1 is 1.22 bits per heavy atom. The Kier molecular flexibility index (Phi) is 5.94. The molecule has 0 saturated carbocycles. The van der Waals surface area contributed by atoms with Gasteiger partial charge in [-0.2, -0.15) is 0 Å². The molecule has 1 aromatic heterocycles. The number of likely N-dealkylation sites (tertiary alicyclic amines) is 1. The minimum Gasteiger partial charge on any atom is -0.360 e. The normalized spacial score (nSPS) is 16.6. The highest BCUT2D eigenvalue weighted by atomic mass is 16.5. The van der Waals surface area contributed by atoms with Gasteiger partial charge in [0.2, 0.25) is 11.8 Å². The second-order valence-corrected chi connectivity index (χ2v) is 7.33. The summed E-state index contributed by atoms with van der Waals surface area (Å²) < 4.78 is 4.97. The van der Waals surface area contributed by atoms with E-state index in [1.165, 1.54) is 16.7 Å². The molecule has 1 aromatic carbocycles. The lowest BCUT2D eigenvalue weighted by atomic mass is 10.0. The fourth-order valence-electron chi connectivity index (χ4n) is 3.52. The number of amides is 2. The first-order valence-electron chi connectivity index (χ1n) is 9.54. The number of carbonyl (C=O) groups is 2. The van der Waals surface area contributed by atoms with Gasteiger partial charge < -0.3 is 14.7 Å². The quantitative estimate of drug-likeness (QED) is 0.845. The van der Waals surface area contributed by atoms with Crippen LogP contribution in [-0.4, -0.2) is 34.5 Å². The van der Waals surface area contributed by atoms with Gasteiger partial charge in [-0.3, -0.25) is 9.59 Å². The monoisotopic (exact) mass is 369 g/mol. The van der Waals surface area contributed by atoms with Crippen LogP contribution in [0.5, 0.6) is 0 Å². The summed E-state index contributed by atoms with van der Waals surface area (Å²) in [6.45, 7) is 6.61. The number of aromatic nitrogens is 1. The molecule has 144 valence electrons. The number of nitrogens with one attached hydrogen (secondary N) is 1. The maximum absolute atomic E-state index is 12.6. The van der Waals surface area contributed by atoms with Gasteiger partial charge in [0.25, 0.3) is 0 Å². The molecule has 2 heterocycles. The van der Waals surface area contributed by atoms with Crippen molar-refractivity contribution >= 4 is 17.6 Å². The number of aryl methyl sites for hydroxylation is 4. The lowest BCUT2D eigenvalue weighted by Gasteiger charge is -2.23. The molecule has 2 amide bonds. The molecule has 1 aliphatic heterocycles. The van der Waals surface area contributed by atoms with Gasteiger partial charge in [0.05, 0.1) is 0 Å². The van der Waals surface area contributed by atoms with Crippen LogP contribution in [0.2, 0.25) is 0 Å². The Morgan fingerprint density at radius 3 is 2.74 bits per heavy atom. The van der Waals surface area contributed by atoms with Crippen molar-refractivity contribution < 1.29 is 14.1 Å². The van der Waals surface area contributed by atoms with E-state index >= 15 is 0 Å². The topological polar surface area (TPSA) is 75.4 Å². The summed E-state index contributed by atoms with van der Waals surface area (Å²) in [5, 5.41) is 6.53. The highest BCUT2D eigenvalue weighted by Gasteiger charge is 2.34. The Bertz CT molecular complexity index is 828. The Labute approximate surface area is 159 Å². The van der Waals surface area contributed by atoms with E-state index in [9.17, 15) is 9.59 Å². The fraction of sp³-hybridized carbons (Fsp3) is 0.476. The molecule has 2 aromatic rings. The number of rotatable bonds is 6. The second kappa shape index (κ2) is 8.37. The molecule has 1 unspecified atom stereocenters. The maximum Gasteiger partial charge on any atom is 0.248 e. The van der Waals surface area contributed by atoms with Crippen molar-refractivity contribution in [2.45, 2.75) is 58.9 Å². The predicted molar refractivity (Wildman–Crippen MR) is 103 cm³/mol. The van der Waals surface area contributed by atoms with E-state index in [0.717, 1.165) is 19.3 Å². The van der Waals surface area contributed by atoms with E-state index in [1.54, 1.807) is 17.9 Å². The van der Waals surface area contributed by atoms with Gasteiger partial charge in [0.1, 0.15) is 11.8 Å².